The molecule has 3 N–H and O–H groups in total. The van der Waals surface area contributed by atoms with E-state index in [-0.39, 0.29) is 17.1 Å². The van der Waals surface area contributed by atoms with Crippen molar-refractivity contribution in [2.45, 2.75) is 54.1 Å². The minimum absolute atomic E-state index is 0.0756. The number of benzene rings is 1. The number of nitrogens with one attached hydrogen (secondary N) is 3. The summed E-state index contributed by atoms with van der Waals surface area (Å²) < 4.78 is 9.63. The van der Waals surface area contributed by atoms with Crippen molar-refractivity contribution in [2.24, 2.45) is 0 Å². The van der Waals surface area contributed by atoms with Gasteiger partial charge in [-0.25, -0.2) is 14.6 Å². The SMILES string of the molecule is C=C(NC(=O)c1csc(-c2ccc(NC(=O)OC(C)(C)C)cc2)n1)C(=O)NC(=C)C(=O)OC.CC.CC. The van der Waals surface area contributed by atoms with E-state index in [1.165, 1.54) is 16.7 Å². The summed E-state index contributed by atoms with van der Waals surface area (Å²) in [6, 6.07) is 6.83. The van der Waals surface area contributed by atoms with E-state index < -0.39 is 29.5 Å². The number of ether oxygens (including phenoxy) is 2. The molecule has 3 amide bonds. The Bertz CT molecular complexity index is 1100. The number of carbonyl (C=O) groups is 4. The number of anilines is 1. The first-order chi connectivity index (χ1) is 17.4. The van der Waals surface area contributed by atoms with Crippen molar-refractivity contribution in [2.75, 3.05) is 12.4 Å². The Hall–Kier alpha value is -3.99. The summed E-state index contributed by atoms with van der Waals surface area (Å²) in [7, 11) is 1.14. The van der Waals surface area contributed by atoms with Crippen LogP contribution in [0.5, 0.6) is 0 Å². The second kappa shape index (κ2) is 15.9. The molecule has 37 heavy (non-hydrogen) atoms. The van der Waals surface area contributed by atoms with E-state index >= 15 is 0 Å². The van der Waals surface area contributed by atoms with E-state index in [1.807, 2.05) is 27.7 Å². The van der Waals surface area contributed by atoms with Crippen molar-refractivity contribution in [1.29, 1.82) is 0 Å². The van der Waals surface area contributed by atoms with E-state index in [0.717, 1.165) is 12.7 Å². The predicted molar refractivity (Wildman–Crippen MR) is 146 cm³/mol. The van der Waals surface area contributed by atoms with Gasteiger partial charge in [0.15, 0.2) is 0 Å². The molecular formula is C26H36N4O6S. The molecule has 1 aromatic heterocycles. The first-order valence-electron chi connectivity index (χ1n) is 11.5. The van der Waals surface area contributed by atoms with Crippen LogP contribution < -0.4 is 16.0 Å². The fourth-order valence-corrected chi connectivity index (χ4v) is 3.08. The molecule has 1 aromatic carbocycles. The zero-order valence-corrected chi connectivity index (χ0v) is 23.4. The minimum atomic E-state index is -0.820. The zero-order valence-electron chi connectivity index (χ0n) is 22.6. The molecule has 0 unspecified atom stereocenters. The van der Waals surface area contributed by atoms with Crippen molar-refractivity contribution in [3.63, 3.8) is 0 Å². The lowest BCUT2D eigenvalue weighted by atomic mass is 10.2. The summed E-state index contributed by atoms with van der Waals surface area (Å²) in [4.78, 5) is 51.8. The molecular weight excluding hydrogens is 496 g/mol. The third-order valence-electron chi connectivity index (χ3n) is 3.75. The fourth-order valence-electron chi connectivity index (χ4n) is 2.27. The van der Waals surface area contributed by atoms with Gasteiger partial charge in [-0.2, -0.15) is 0 Å². The lowest BCUT2D eigenvalue weighted by Crippen LogP contribution is -2.35. The molecule has 0 aliphatic heterocycles. The first-order valence-corrected chi connectivity index (χ1v) is 12.4. The van der Waals surface area contributed by atoms with Gasteiger partial charge in [0.05, 0.1) is 12.8 Å². The van der Waals surface area contributed by atoms with Gasteiger partial charge in [-0.3, -0.25) is 14.9 Å². The van der Waals surface area contributed by atoms with Crippen LogP contribution in [0.3, 0.4) is 0 Å². The van der Waals surface area contributed by atoms with Gasteiger partial charge in [0.25, 0.3) is 11.8 Å². The lowest BCUT2D eigenvalue weighted by molar-refractivity contribution is -0.137. The van der Waals surface area contributed by atoms with Crippen LogP contribution in [0.15, 0.2) is 54.2 Å². The summed E-state index contributed by atoms with van der Waals surface area (Å²) in [5.74, 6) is -2.29. The number of amides is 3. The maximum absolute atomic E-state index is 12.4. The summed E-state index contributed by atoms with van der Waals surface area (Å²) in [5, 5.41) is 9.20. The van der Waals surface area contributed by atoms with Gasteiger partial charge in [0.2, 0.25) is 0 Å². The number of methoxy groups -OCH3 is 1. The van der Waals surface area contributed by atoms with Crippen LogP contribution >= 0.6 is 11.3 Å². The predicted octanol–water partition coefficient (Wildman–Crippen LogP) is 5.26. The van der Waals surface area contributed by atoms with Crippen LogP contribution in [-0.4, -0.2) is 41.6 Å². The number of hydrogen-bond donors (Lipinski definition) is 3. The van der Waals surface area contributed by atoms with Gasteiger partial charge < -0.3 is 20.1 Å². The average molecular weight is 533 g/mol. The standard InChI is InChI=1S/C22H24N4O6S.2C2H6/c1-12(17(27)24-13(2)20(29)31-6)23-18(28)16-11-33-19(26-16)14-7-9-15(10-8-14)25-21(30)32-22(3,4)5;2*1-2/h7-11H,1-2H2,3-6H3,(H,23,28)(H,24,27)(H,25,30);2*1-2H3. The van der Waals surface area contributed by atoms with Crippen LogP contribution in [0.1, 0.15) is 59.0 Å². The third-order valence-corrected chi connectivity index (χ3v) is 4.64. The van der Waals surface area contributed by atoms with Gasteiger partial charge in [-0.1, -0.05) is 40.9 Å². The normalized spacial score (nSPS) is 9.73. The van der Waals surface area contributed by atoms with Crippen molar-refractivity contribution < 1.29 is 28.7 Å². The van der Waals surface area contributed by atoms with E-state index in [4.69, 9.17) is 4.74 Å². The lowest BCUT2D eigenvalue weighted by Gasteiger charge is -2.19. The van der Waals surface area contributed by atoms with E-state index in [0.29, 0.717) is 10.7 Å². The fraction of sp³-hybridized carbons (Fsp3) is 0.346. The monoisotopic (exact) mass is 532 g/mol. The number of thiazole rings is 1. The van der Waals surface area contributed by atoms with E-state index in [1.54, 1.807) is 45.0 Å². The number of aromatic nitrogens is 1. The summed E-state index contributed by atoms with van der Waals surface area (Å²) >= 11 is 1.22. The molecule has 0 aliphatic rings. The number of hydrogen-bond acceptors (Lipinski definition) is 8. The topological polar surface area (TPSA) is 136 Å². The summed E-state index contributed by atoms with van der Waals surface area (Å²) in [6.07, 6.45) is -0.567. The van der Waals surface area contributed by atoms with Crippen LogP contribution in [-0.2, 0) is 19.1 Å². The molecule has 0 saturated heterocycles. The van der Waals surface area contributed by atoms with Crippen molar-refractivity contribution in [1.82, 2.24) is 15.6 Å². The summed E-state index contributed by atoms with van der Waals surface area (Å²) in [5.41, 5.74) is 0.142. The molecule has 202 valence electrons. The van der Waals surface area contributed by atoms with Gasteiger partial charge in [0.1, 0.15) is 22.0 Å². The minimum Gasteiger partial charge on any atom is -0.464 e. The Morgan fingerprint density at radius 1 is 0.919 bits per heavy atom. The second-order valence-corrected chi connectivity index (χ2v) is 8.46. The number of carbonyl (C=O) groups excluding carboxylic acids is 4. The maximum atomic E-state index is 12.4. The Labute approximate surface area is 222 Å². The maximum Gasteiger partial charge on any atom is 0.412 e. The molecule has 0 aliphatic carbocycles. The molecule has 2 rings (SSSR count). The molecule has 1 heterocycles. The number of nitrogens with zero attached hydrogens (tertiary/aromatic N) is 1. The molecule has 2 aromatic rings. The Balaban J connectivity index is 0.00000308. The molecule has 0 fully saturated rings. The Morgan fingerprint density at radius 3 is 2.00 bits per heavy atom. The first kappa shape index (κ1) is 33.0. The van der Waals surface area contributed by atoms with E-state index in [9.17, 15) is 19.2 Å². The van der Waals surface area contributed by atoms with Gasteiger partial charge >= 0.3 is 12.1 Å². The number of esters is 1. The summed E-state index contributed by atoms with van der Waals surface area (Å²) in [6.45, 7) is 20.1. The number of rotatable bonds is 7. The molecule has 0 spiro atoms. The molecule has 0 saturated carbocycles. The highest BCUT2D eigenvalue weighted by atomic mass is 32.1. The highest BCUT2D eigenvalue weighted by Crippen LogP contribution is 2.25. The van der Waals surface area contributed by atoms with Crippen molar-refractivity contribution in [3.05, 3.63) is 59.9 Å². The molecule has 0 atom stereocenters. The van der Waals surface area contributed by atoms with Gasteiger partial charge in [-0.15, -0.1) is 11.3 Å². The molecule has 0 bridgehead atoms. The highest BCUT2D eigenvalue weighted by Gasteiger charge is 2.19. The quantitative estimate of drug-likeness (QED) is 0.327. The van der Waals surface area contributed by atoms with Crippen LogP contribution in [0, 0.1) is 0 Å². The van der Waals surface area contributed by atoms with Crippen molar-refractivity contribution >= 4 is 40.9 Å². The third kappa shape index (κ3) is 11.5. The second-order valence-electron chi connectivity index (χ2n) is 7.60. The zero-order chi connectivity index (χ0) is 28.8. The highest BCUT2D eigenvalue weighted by molar-refractivity contribution is 7.13. The van der Waals surface area contributed by atoms with E-state index in [2.05, 4.69) is 38.8 Å². The molecule has 10 nitrogen and oxygen atoms in total. The van der Waals surface area contributed by atoms with Gasteiger partial charge in [-0.05, 0) is 45.0 Å². The van der Waals surface area contributed by atoms with Gasteiger partial charge in [0, 0.05) is 16.6 Å². The molecule has 11 heteroatoms. The Kier molecular flexibility index (Phi) is 14.2. The molecule has 0 radical (unpaired) electrons. The largest absolute Gasteiger partial charge is 0.464 e. The average Bonchev–Trinajstić information content (AvgIpc) is 3.35. The Morgan fingerprint density at radius 2 is 1.49 bits per heavy atom. The van der Waals surface area contributed by atoms with Crippen molar-refractivity contribution in [3.8, 4) is 10.6 Å². The van der Waals surface area contributed by atoms with Crippen LogP contribution in [0.25, 0.3) is 10.6 Å². The van der Waals surface area contributed by atoms with Crippen LogP contribution in [0.2, 0.25) is 0 Å². The van der Waals surface area contributed by atoms with Crippen LogP contribution in [0.4, 0.5) is 10.5 Å². The smallest absolute Gasteiger partial charge is 0.412 e.